The van der Waals surface area contributed by atoms with E-state index in [0.717, 1.165) is 16.7 Å². The Hall–Kier alpha value is -1.80. The average molecular weight is 371 g/mol. The molecule has 6 nitrogen and oxygen atoms in total. The lowest BCUT2D eigenvalue weighted by molar-refractivity contribution is -0.328. The molecule has 1 aliphatic heterocycles. The van der Waals surface area contributed by atoms with Crippen molar-refractivity contribution in [3.8, 4) is 11.1 Å². The van der Waals surface area contributed by atoms with Gasteiger partial charge in [-0.3, -0.25) is 0 Å². The number of likely N-dealkylation sites (N-methyl/N-ethyl adjacent to an activating group) is 1. The summed E-state index contributed by atoms with van der Waals surface area (Å²) in [6.07, 6.45) is -3.03. The molecule has 1 aliphatic carbocycles. The fraction of sp³-hybridized carbons (Fsp3) is 0.429. The minimum absolute atomic E-state index is 0.471. The number of nitrogens with one attached hydrogen (secondary N) is 1. The van der Waals surface area contributed by atoms with Crippen molar-refractivity contribution in [2.24, 2.45) is 0 Å². The van der Waals surface area contributed by atoms with Crippen LogP contribution in [0.1, 0.15) is 23.6 Å². The molecule has 0 aromatic heterocycles. The van der Waals surface area contributed by atoms with Crippen LogP contribution in [-0.4, -0.2) is 57.9 Å². The molecule has 1 unspecified atom stereocenters. The molecule has 0 amide bonds. The molecule has 2 aromatic carbocycles. The van der Waals surface area contributed by atoms with Crippen LogP contribution in [0.2, 0.25) is 0 Å². The molecule has 0 bridgehead atoms. The van der Waals surface area contributed by atoms with Crippen molar-refractivity contribution < 1.29 is 25.2 Å². The van der Waals surface area contributed by atoms with Crippen molar-refractivity contribution in [2.45, 2.75) is 43.5 Å². The van der Waals surface area contributed by atoms with E-state index >= 15 is 0 Å². The summed E-state index contributed by atoms with van der Waals surface area (Å²) in [7, 11) is 0. The second-order valence-electron chi connectivity index (χ2n) is 7.22. The first kappa shape index (κ1) is 18.6. The van der Waals surface area contributed by atoms with E-state index in [1.54, 1.807) is 6.07 Å². The zero-order chi connectivity index (χ0) is 19.2. The predicted octanol–water partition coefficient (Wildman–Crippen LogP) is 0.494. The molecule has 1 saturated heterocycles. The highest BCUT2D eigenvalue weighted by Crippen LogP contribution is 2.44. The first-order chi connectivity index (χ1) is 13.0. The Bertz CT molecular complexity index is 841. The van der Waals surface area contributed by atoms with Crippen LogP contribution in [0, 0.1) is 0 Å². The average Bonchev–Trinajstić information content (AvgIpc) is 3.07. The summed E-state index contributed by atoms with van der Waals surface area (Å²) in [4.78, 5) is 0. The van der Waals surface area contributed by atoms with Gasteiger partial charge in [0.1, 0.15) is 18.3 Å². The molecule has 5 atom stereocenters. The lowest BCUT2D eigenvalue weighted by atomic mass is 9.83. The van der Waals surface area contributed by atoms with Gasteiger partial charge in [0.15, 0.2) is 0 Å². The Kier molecular flexibility index (Phi) is 4.80. The first-order valence-corrected chi connectivity index (χ1v) is 9.32. The van der Waals surface area contributed by atoms with Gasteiger partial charge in [-0.25, -0.2) is 0 Å². The molecule has 2 aliphatic rings. The standard InChI is InChI=1S/C21H25NO5/c1-2-22-20-19(25)18(24)17(11-23)27-21(20,26)16-9-5-8-14-13-7-4-3-6-12(13)10-15(14)16/h3-9,17-20,22-26H,2,10-11H2,1H3/t17-,18-,19+,20-,21?/m1/s1. The second-order valence-corrected chi connectivity index (χ2v) is 7.22. The zero-order valence-electron chi connectivity index (χ0n) is 15.2. The number of hydrogen-bond donors (Lipinski definition) is 5. The third-order valence-electron chi connectivity index (χ3n) is 5.67. The van der Waals surface area contributed by atoms with Crippen LogP contribution < -0.4 is 5.32 Å². The van der Waals surface area contributed by atoms with Gasteiger partial charge < -0.3 is 30.5 Å². The van der Waals surface area contributed by atoms with E-state index < -0.39 is 36.7 Å². The normalized spacial score (nSPS) is 32.2. The second kappa shape index (κ2) is 6.98. The number of aliphatic hydroxyl groups excluding tert-OH is 3. The van der Waals surface area contributed by atoms with Gasteiger partial charge in [0.05, 0.1) is 12.6 Å². The summed E-state index contributed by atoms with van der Waals surface area (Å²) in [6.45, 7) is 1.82. The summed E-state index contributed by atoms with van der Waals surface area (Å²) in [6, 6.07) is 12.8. The van der Waals surface area contributed by atoms with E-state index in [2.05, 4.69) is 11.4 Å². The lowest BCUT2D eigenvalue weighted by Crippen LogP contribution is -2.68. The van der Waals surface area contributed by atoms with E-state index in [4.69, 9.17) is 4.74 Å². The Morgan fingerprint density at radius 2 is 1.81 bits per heavy atom. The van der Waals surface area contributed by atoms with Crippen LogP contribution in [0.15, 0.2) is 42.5 Å². The maximum Gasteiger partial charge on any atom is 0.211 e. The summed E-state index contributed by atoms with van der Waals surface area (Å²) < 4.78 is 5.81. The largest absolute Gasteiger partial charge is 0.394 e. The van der Waals surface area contributed by atoms with Gasteiger partial charge in [-0.15, -0.1) is 0 Å². The molecular formula is C21H25NO5. The van der Waals surface area contributed by atoms with Crippen LogP contribution >= 0.6 is 0 Å². The molecule has 0 saturated carbocycles. The zero-order valence-corrected chi connectivity index (χ0v) is 15.2. The monoisotopic (exact) mass is 371 g/mol. The summed E-state index contributed by atoms with van der Waals surface area (Å²) in [5.74, 6) is -1.88. The Labute approximate surface area is 158 Å². The minimum Gasteiger partial charge on any atom is -0.394 e. The van der Waals surface area contributed by atoms with Crippen molar-refractivity contribution >= 4 is 0 Å². The van der Waals surface area contributed by atoms with E-state index in [1.165, 1.54) is 5.56 Å². The van der Waals surface area contributed by atoms with Crippen molar-refractivity contribution in [3.05, 3.63) is 59.2 Å². The molecule has 6 heteroatoms. The fourth-order valence-corrected chi connectivity index (χ4v) is 4.37. The maximum absolute atomic E-state index is 11.6. The van der Waals surface area contributed by atoms with Crippen molar-refractivity contribution in [1.82, 2.24) is 5.32 Å². The lowest BCUT2D eigenvalue weighted by Gasteiger charge is -2.48. The highest BCUT2D eigenvalue weighted by Gasteiger charge is 2.54. The molecule has 4 rings (SSSR count). The van der Waals surface area contributed by atoms with E-state index in [9.17, 15) is 20.4 Å². The molecule has 27 heavy (non-hydrogen) atoms. The quantitative estimate of drug-likeness (QED) is 0.458. The Morgan fingerprint density at radius 1 is 1.07 bits per heavy atom. The number of fused-ring (bicyclic) bond motifs is 3. The van der Waals surface area contributed by atoms with Gasteiger partial charge in [-0.2, -0.15) is 0 Å². The summed E-state index contributed by atoms with van der Waals surface area (Å²) in [5.41, 5.74) is 4.79. The highest BCUT2D eigenvalue weighted by atomic mass is 16.6. The van der Waals surface area contributed by atoms with Crippen LogP contribution in [0.5, 0.6) is 0 Å². The van der Waals surface area contributed by atoms with E-state index in [0.29, 0.717) is 18.5 Å². The van der Waals surface area contributed by atoms with Gasteiger partial charge in [-0.1, -0.05) is 49.4 Å². The molecule has 0 radical (unpaired) electrons. The smallest absolute Gasteiger partial charge is 0.211 e. The van der Waals surface area contributed by atoms with Gasteiger partial charge >= 0.3 is 0 Å². The van der Waals surface area contributed by atoms with Gasteiger partial charge in [-0.05, 0) is 35.2 Å². The summed E-state index contributed by atoms with van der Waals surface area (Å²) >= 11 is 0. The van der Waals surface area contributed by atoms with Crippen LogP contribution in [0.25, 0.3) is 11.1 Å². The topological polar surface area (TPSA) is 102 Å². The van der Waals surface area contributed by atoms with Crippen LogP contribution in [0.4, 0.5) is 0 Å². The van der Waals surface area contributed by atoms with Crippen molar-refractivity contribution in [1.29, 1.82) is 0 Å². The molecule has 144 valence electrons. The predicted molar refractivity (Wildman–Crippen MR) is 100 cm³/mol. The molecule has 0 spiro atoms. The van der Waals surface area contributed by atoms with Gasteiger partial charge in [0.2, 0.25) is 5.79 Å². The van der Waals surface area contributed by atoms with E-state index in [-0.39, 0.29) is 0 Å². The molecule has 1 fully saturated rings. The number of hydrogen-bond acceptors (Lipinski definition) is 6. The molecular weight excluding hydrogens is 346 g/mol. The number of ether oxygens (including phenoxy) is 1. The highest BCUT2D eigenvalue weighted by molar-refractivity contribution is 5.78. The molecule has 1 heterocycles. The van der Waals surface area contributed by atoms with Crippen LogP contribution in [0.3, 0.4) is 0 Å². The third kappa shape index (κ3) is 2.81. The van der Waals surface area contributed by atoms with Crippen molar-refractivity contribution in [2.75, 3.05) is 13.2 Å². The van der Waals surface area contributed by atoms with Gasteiger partial charge in [0, 0.05) is 5.56 Å². The van der Waals surface area contributed by atoms with Crippen LogP contribution in [-0.2, 0) is 16.9 Å². The first-order valence-electron chi connectivity index (χ1n) is 9.32. The number of rotatable bonds is 4. The minimum atomic E-state index is -1.88. The number of benzene rings is 2. The van der Waals surface area contributed by atoms with E-state index in [1.807, 2.05) is 37.3 Å². The fourth-order valence-electron chi connectivity index (χ4n) is 4.37. The Morgan fingerprint density at radius 3 is 2.56 bits per heavy atom. The van der Waals surface area contributed by atoms with Crippen molar-refractivity contribution in [3.63, 3.8) is 0 Å². The summed E-state index contributed by atoms with van der Waals surface area (Å²) in [5, 5.41) is 45.1. The van der Waals surface area contributed by atoms with Gasteiger partial charge in [0.25, 0.3) is 0 Å². The Balaban J connectivity index is 1.84. The SMILES string of the molecule is CCN[C@@H]1[C@@H](O)[C@H](O)[C@@H](CO)OC1(O)c1cccc2c1Cc1ccccc1-2. The maximum atomic E-state index is 11.6. The molecule has 2 aromatic rings. The molecule has 5 N–H and O–H groups in total. The number of aliphatic hydroxyl groups is 4. The third-order valence-corrected chi connectivity index (χ3v) is 5.67.